The van der Waals surface area contributed by atoms with E-state index >= 15 is 0 Å². The smallest absolute Gasteiger partial charge is 0.460 e. The molecule has 0 fully saturated rings. The summed E-state index contributed by atoms with van der Waals surface area (Å²) in [5.74, 6) is -30.1. The number of carbonyl (C=O) groups is 1. The van der Waals surface area contributed by atoms with Crippen LogP contribution in [0.15, 0.2) is 12.2 Å². The molecule has 1 N–H and O–H groups in total. The van der Waals surface area contributed by atoms with Crippen LogP contribution in [0.1, 0.15) is 12.8 Å². The highest BCUT2D eigenvalue weighted by Crippen LogP contribution is 2.58. The third-order valence-corrected chi connectivity index (χ3v) is 2.65. The molecule has 0 aliphatic rings. The highest BCUT2D eigenvalue weighted by molar-refractivity contribution is 5.85. The Kier molecular flexibility index (Phi) is 5.42. The van der Waals surface area contributed by atoms with Crippen molar-refractivity contribution in [3.8, 4) is 0 Å². The molecule has 0 unspecified atom stereocenters. The van der Waals surface area contributed by atoms with E-state index in [1.807, 2.05) is 0 Å². The van der Waals surface area contributed by atoms with Crippen LogP contribution in [0.25, 0.3) is 0 Å². The highest BCUT2D eigenvalue weighted by Gasteiger charge is 2.86. The summed E-state index contributed by atoms with van der Waals surface area (Å²) in [4.78, 5) is 10.2. The summed E-state index contributed by atoms with van der Waals surface area (Å²) in [5, 5.41) is 8.23. The van der Waals surface area contributed by atoms with Crippen LogP contribution in [0.3, 0.4) is 0 Å². The lowest BCUT2D eigenvalue weighted by Crippen LogP contribution is -2.66. The lowest BCUT2D eigenvalue weighted by Gasteiger charge is -2.37. The van der Waals surface area contributed by atoms with Gasteiger partial charge in [-0.2, -0.15) is 48.3 Å². The van der Waals surface area contributed by atoms with Gasteiger partial charge in [0.2, 0.25) is 0 Å². The van der Waals surface area contributed by atoms with Crippen molar-refractivity contribution in [2.24, 2.45) is 0 Å². The molecule has 23 heavy (non-hydrogen) atoms. The van der Waals surface area contributed by atoms with E-state index in [-0.39, 0.29) is 0 Å². The summed E-state index contributed by atoms with van der Waals surface area (Å²) in [5.41, 5.74) is -1.16. The zero-order valence-corrected chi connectivity index (χ0v) is 10.6. The Morgan fingerprint density at radius 1 is 0.783 bits per heavy atom. The van der Waals surface area contributed by atoms with Crippen LogP contribution in [0.5, 0.6) is 0 Å². The first-order chi connectivity index (χ1) is 9.83. The topological polar surface area (TPSA) is 37.3 Å². The molecule has 0 amide bonds. The number of hydrogen-bond acceptors (Lipinski definition) is 1. The Morgan fingerprint density at radius 2 is 1.17 bits per heavy atom. The van der Waals surface area contributed by atoms with Crippen LogP contribution in [0.2, 0.25) is 0 Å². The number of halogens is 11. The molecule has 13 heteroatoms. The maximum Gasteiger partial charge on any atom is 0.460 e. The van der Waals surface area contributed by atoms with Gasteiger partial charge in [0.15, 0.2) is 0 Å². The number of rotatable bonds is 7. The third kappa shape index (κ3) is 3.52. The third-order valence-electron chi connectivity index (χ3n) is 2.65. The quantitative estimate of drug-likeness (QED) is 0.530. The fourth-order valence-corrected chi connectivity index (χ4v) is 1.18. The second kappa shape index (κ2) is 5.82. The average Bonchev–Trinajstić information content (AvgIpc) is 2.33. The summed E-state index contributed by atoms with van der Waals surface area (Å²) < 4.78 is 138. The van der Waals surface area contributed by atoms with Crippen LogP contribution in [-0.4, -0.2) is 40.9 Å². The van der Waals surface area contributed by atoms with E-state index in [0.29, 0.717) is 0 Å². The van der Waals surface area contributed by atoms with Gasteiger partial charge in [-0.25, -0.2) is 4.79 Å². The van der Waals surface area contributed by atoms with Crippen molar-refractivity contribution in [3.05, 3.63) is 12.2 Å². The van der Waals surface area contributed by atoms with Crippen LogP contribution in [-0.2, 0) is 4.79 Å². The van der Waals surface area contributed by atoms with Gasteiger partial charge < -0.3 is 5.11 Å². The Hall–Kier alpha value is -1.56. The number of alkyl halides is 11. The lowest BCUT2D eigenvalue weighted by molar-refractivity contribution is -0.422. The summed E-state index contributed by atoms with van der Waals surface area (Å²) in [6.07, 6.45) is -11.2. The maximum atomic E-state index is 13.1. The molecule has 0 aliphatic heterocycles. The van der Waals surface area contributed by atoms with Crippen LogP contribution in [0, 0.1) is 0 Å². The largest absolute Gasteiger partial charge is 0.478 e. The minimum absolute atomic E-state index is 1.16. The monoisotopic (exact) mass is 368 g/mol. The van der Waals surface area contributed by atoms with Gasteiger partial charge in [0, 0.05) is 12.0 Å². The first-order valence-electron chi connectivity index (χ1n) is 5.32. The molecular formula is C10H7F11O2. The molecule has 0 heterocycles. The molecule has 2 nitrogen and oxygen atoms in total. The molecule has 0 aromatic heterocycles. The zero-order valence-electron chi connectivity index (χ0n) is 10.6. The van der Waals surface area contributed by atoms with Crippen molar-refractivity contribution >= 4 is 5.97 Å². The van der Waals surface area contributed by atoms with Crippen molar-refractivity contribution < 1.29 is 58.2 Å². The predicted molar refractivity (Wildman–Crippen MR) is 51.9 cm³/mol. The van der Waals surface area contributed by atoms with Gasteiger partial charge in [0.05, 0.1) is 0 Å². The summed E-state index contributed by atoms with van der Waals surface area (Å²) in [6, 6.07) is 0. The van der Waals surface area contributed by atoms with Crippen molar-refractivity contribution in [1.29, 1.82) is 0 Å². The molecule has 0 bridgehead atoms. The van der Waals surface area contributed by atoms with Crippen molar-refractivity contribution in [3.63, 3.8) is 0 Å². The van der Waals surface area contributed by atoms with E-state index in [1.54, 1.807) is 0 Å². The van der Waals surface area contributed by atoms with E-state index in [1.165, 1.54) is 0 Å². The Balaban J connectivity index is 5.66. The number of carboxylic acids is 1. The standard InChI is InChI=1S/C10H7F11O2/c1-4(5(22)23)2-3-6(11,12)7(13,14)8(15,16)9(17,18)10(19,20)21/h1-3H2,(H,22,23). The van der Waals surface area contributed by atoms with Crippen LogP contribution in [0.4, 0.5) is 48.3 Å². The summed E-state index contributed by atoms with van der Waals surface area (Å²) in [7, 11) is 0. The SMILES string of the molecule is C=C(CCC(F)(F)C(F)(F)C(F)(F)C(F)(F)C(F)(F)F)C(=O)O. The Morgan fingerprint density at radius 3 is 1.48 bits per heavy atom. The van der Waals surface area contributed by atoms with E-state index in [9.17, 15) is 53.1 Å². The molecule has 0 saturated heterocycles. The summed E-state index contributed by atoms with van der Waals surface area (Å²) in [6.45, 7) is 2.60. The molecular weight excluding hydrogens is 361 g/mol. The predicted octanol–water partition coefficient (Wildman–Crippen LogP) is 4.51. The van der Waals surface area contributed by atoms with Gasteiger partial charge in [-0.3, -0.25) is 0 Å². The molecule has 0 rings (SSSR count). The van der Waals surface area contributed by atoms with E-state index in [2.05, 4.69) is 6.58 Å². The van der Waals surface area contributed by atoms with Crippen molar-refractivity contribution in [1.82, 2.24) is 0 Å². The minimum atomic E-state index is -7.48. The van der Waals surface area contributed by atoms with Crippen molar-refractivity contribution in [2.75, 3.05) is 0 Å². The van der Waals surface area contributed by atoms with E-state index in [4.69, 9.17) is 5.11 Å². The molecule has 0 aliphatic carbocycles. The average molecular weight is 368 g/mol. The minimum Gasteiger partial charge on any atom is -0.478 e. The van der Waals surface area contributed by atoms with Crippen LogP contribution >= 0.6 is 0 Å². The van der Waals surface area contributed by atoms with E-state index in [0.717, 1.165) is 0 Å². The molecule has 0 aromatic carbocycles. The second-order valence-electron chi connectivity index (χ2n) is 4.33. The highest BCUT2D eigenvalue weighted by atomic mass is 19.4. The van der Waals surface area contributed by atoms with Gasteiger partial charge in [0.1, 0.15) is 0 Å². The normalized spacial score (nSPS) is 14.7. The summed E-state index contributed by atoms with van der Waals surface area (Å²) >= 11 is 0. The fourth-order valence-electron chi connectivity index (χ4n) is 1.18. The Bertz CT molecular complexity index is 478. The molecule has 0 atom stereocenters. The fraction of sp³-hybridized carbons (Fsp3) is 0.700. The zero-order chi connectivity index (χ0) is 19.1. The van der Waals surface area contributed by atoms with E-state index < -0.39 is 54.3 Å². The molecule has 0 radical (unpaired) electrons. The van der Waals surface area contributed by atoms with Gasteiger partial charge in [-0.1, -0.05) is 6.58 Å². The molecule has 136 valence electrons. The first kappa shape index (κ1) is 21.4. The molecule has 0 saturated carbocycles. The van der Waals surface area contributed by atoms with Crippen LogP contribution < -0.4 is 0 Å². The van der Waals surface area contributed by atoms with Gasteiger partial charge in [0.25, 0.3) is 0 Å². The first-order valence-corrected chi connectivity index (χ1v) is 5.32. The van der Waals surface area contributed by atoms with Gasteiger partial charge >= 0.3 is 35.8 Å². The van der Waals surface area contributed by atoms with Gasteiger partial charge in [-0.15, -0.1) is 0 Å². The molecule has 0 aromatic rings. The maximum absolute atomic E-state index is 13.1. The number of aliphatic carboxylic acids is 1. The molecule has 0 spiro atoms. The van der Waals surface area contributed by atoms with Gasteiger partial charge in [-0.05, 0) is 6.42 Å². The second-order valence-corrected chi connectivity index (χ2v) is 4.33. The number of hydrogen-bond donors (Lipinski definition) is 1. The lowest BCUT2D eigenvalue weighted by atomic mass is 9.94. The Labute approximate surface area is 120 Å². The number of carboxylic acid groups (broad SMARTS) is 1. The van der Waals surface area contributed by atoms with Crippen molar-refractivity contribution in [2.45, 2.75) is 42.7 Å².